The van der Waals surface area contributed by atoms with Crippen LogP contribution in [-0.4, -0.2) is 23.4 Å². The number of hydrogen-bond donors (Lipinski definition) is 2. The number of nitrogens with zero attached hydrogens (tertiary/aromatic N) is 3. The average Bonchev–Trinajstić information content (AvgIpc) is 2.90. The number of rotatable bonds is 7. The van der Waals surface area contributed by atoms with Crippen molar-refractivity contribution in [3.05, 3.63) is 107 Å². The molecule has 0 atom stereocenters. The van der Waals surface area contributed by atoms with Gasteiger partial charge in [0.2, 0.25) is 0 Å². The fourth-order valence-electron chi connectivity index (χ4n) is 4.00. The number of aryl methyl sites for hydroxylation is 1. The van der Waals surface area contributed by atoms with Crippen LogP contribution in [0.4, 0.5) is 11.4 Å². The molecule has 7 nitrogen and oxygen atoms in total. The SMILES string of the molecule is C=NN(/N=C1/C=C(Oc2ccc(NC(=O)c3ccccc3)cc2)C=CC1)c1cc(C)cc(C(C)(C)C)c1O. The maximum atomic E-state index is 12.4. The highest BCUT2D eigenvalue weighted by Crippen LogP contribution is 2.39. The number of benzene rings is 3. The number of allylic oxidation sites excluding steroid dienone is 3. The van der Waals surface area contributed by atoms with Crippen molar-refractivity contribution in [1.82, 2.24) is 0 Å². The van der Waals surface area contributed by atoms with Crippen molar-refractivity contribution in [3.63, 3.8) is 0 Å². The molecule has 0 spiro atoms. The van der Waals surface area contributed by atoms with E-state index in [9.17, 15) is 9.90 Å². The number of carbonyl (C=O) groups excluding carboxylic acids is 1. The van der Waals surface area contributed by atoms with E-state index in [0.29, 0.717) is 40.6 Å². The second-order valence-corrected chi connectivity index (χ2v) is 10.1. The van der Waals surface area contributed by atoms with Crippen LogP contribution in [0.15, 0.2) is 101 Å². The van der Waals surface area contributed by atoms with Crippen molar-refractivity contribution in [3.8, 4) is 11.5 Å². The van der Waals surface area contributed by atoms with Crippen LogP contribution in [0.3, 0.4) is 0 Å². The summed E-state index contributed by atoms with van der Waals surface area (Å²) >= 11 is 0. The van der Waals surface area contributed by atoms with Gasteiger partial charge in [-0.25, -0.2) is 0 Å². The van der Waals surface area contributed by atoms with Crippen LogP contribution >= 0.6 is 0 Å². The molecule has 3 aromatic carbocycles. The standard InChI is InChI=1S/C31H32N4O3/c1-21-18-27(31(2,3)4)29(36)28(19-21)35(32-5)34-24-12-9-13-26(20-24)38-25-16-14-23(15-17-25)33-30(37)22-10-7-6-8-11-22/h6-11,13-20,36H,5,12H2,1-4H3,(H,33,37)/b34-24+. The Morgan fingerprint density at radius 2 is 1.79 bits per heavy atom. The molecule has 1 aliphatic carbocycles. The Balaban J connectivity index is 1.49. The van der Waals surface area contributed by atoms with Crippen LogP contribution < -0.4 is 15.2 Å². The molecule has 0 aliphatic heterocycles. The van der Waals surface area contributed by atoms with Crippen LogP contribution in [-0.2, 0) is 5.41 Å². The molecule has 0 heterocycles. The third-order valence-electron chi connectivity index (χ3n) is 5.92. The maximum absolute atomic E-state index is 12.4. The molecule has 38 heavy (non-hydrogen) atoms. The van der Waals surface area contributed by atoms with E-state index in [1.807, 2.05) is 76.3 Å². The Hall–Kier alpha value is -4.65. The molecular weight excluding hydrogens is 476 g/mol. The lowest BCUT2D eigenvalue weighted by molar-refractivity contribution is 0.102. The zero-order valence-corrected chi connectivity index (χ0v) is 22.1. The van der Waals surface area contributed by atoms with Gasteiger partial charge in [0.15, 0.2) is 0 Å². The first kappa shape index (κ1) is 26.4. The van der Waals surface area contributed by atoms with Gasteiger partial charge in [0.05, 0.1) is 5.71 Å². The van der Waals surface area contributed by atoms with Gasteiger partial charge < -0.3 is 15.2 Å². The molecule has 0 bridgehead atoms. The summed E-state index contributed by atoms with van der Waals surface area (Å²) in [5, 5.41) is 23.9. The van der Waals surface area contributed by atoms with Gasteiger partial charge in [-0.2, -0.15) is 10.2 Å². The normalized spacial score (nSPS) is 14.1. The lowest BCUT2D eigenvalue weighted by atomic mass is 9.85. The van der Waals surface area contributed by atoms with E-state index < -0.39 is 0 Å². The molecule has 0 saturated carbocycles. The van der Waals surface area contributed by atoms with Crippen molar-refractivity contribution < 1.29 is 14.6 Å². The lowest BCUT2D eigenvalue weighted by Gasteiger charge is -2.25. The lowest BCUT2D eigenvalue weighted by Crippen LogP contribution is -2.16. The van der Waals surface area contributed by atoms with E-state index in [2.05, 4.69) is 22.2 Å². The van der Waals surface area contributed by atoms with Crippen molar-refractivity contribution in [2.24, 2.45) is 10.2 Å². The van der Waals surface area contributed by atoms with Crippen LogP contribution in [0.5, 0.6) is 11.5 Å². The molecule has 0 fully saturated rings. The summed E-state index contributed by atoms with van der Waals surface area (Å²) in [4.78, 5) is 12.4. The molecular formula is C31H32N4O3. The number of phenolic OH excluding ortho intramolecular Hbond substituents is 1. The fourth-order valence-corrected chi connectivity index (χ4v) is 4.00. The van der Waals surface area contributed by atoms with Gasteiger partial charge in [0.1, 0.15) is 22.9 Å². The molecule has 7 heteroatoms. The molecule has 0 aromatic heterocycles. The smallest absolute Gasteiger partial charge is 0.255 e. The van der Waals surface area contributed by atoms with Crippen molar-refractivity contribution in [2.75, 3.05) is 10.4 Å². The molecule has 0 saturated heterocycles. The van der Waals surface area contributed by atoms with E-state index in [1.54, 1.807) is 36.4 Å². The van der Waals surface area contributed by atoms with Crippen LogP contribution in [0.2, 0.25) is 0 Å². The van der Waals surface area contributed by atoms with Gasteiger partial charge in [0, 0.05) is 36.0 Å². The first-order valence-corrected chi connectivity index (χ1v) is 12.3. The number of aromatic hydroxyl groups is 1. The average molecular weight is 509 g/mol. The zero-order valence-electron chi connectivity index (χ0n) is 22.1. The third kappa shape index (κ3) is 6.37. The highest BCUT2D eigenvalue weighted by atomic mass is 16.5. The number of amides is 1. The summed E-state index contributed by atoms with van der Waals surface area (Å²) in [7, 11) is 0. The molecule has 1 aliphatic rings. The van der Waals surface area contributed by atoms with Gasteiger partial charge in [-0.15, -0.1) is 5.12 Å². The molecule has 3 aromatic rings. The summed E-state index contributed by atoms with van der Waals surface area (Å²) in [6.45, 7) is 11.8. The van der Waals surface area contributed by atoms with Crippen molar-refractivity contribution >= 4 is 29.7 Å². The zero-order chi connectivity index (χ0) is 27.3. The highest BCUT2D eigenvalue weighted by molar-refractivity contribution is 6.04. The number of hydrogen-bond acceptors (Lipinski definition) is 6. The first-order chi connectivity index (χ1) is 18.1. The van der Waals surface area contributed by atoms with Gasteiger partial charge in [-0.05, 0) is 66.4 Å². The minimum Gasteiger partial charge on any atom is -0.505 e. The molecule has 2 N–H and O–H groups in total. The van der Waals surface area contributed by atoms with Gasteiger partial charge in [-0.3, -0.25) is 4.79 Å². The minimum atomic E-state index is -0.251. The first-order valence-electron chi connectivity index (χ1n) is 12.3. The van der Waals surface area contributed by atoms with Gasteiger partial charge in [-0.1, -0.05) is 51.1 Å². The molecule has 0 unspecified atom stereocenters. The summed E-state index contributed by atoms with van der Waals surface area (Å²) in [6, 6.07) is 20.0. The van der Waals surface area contributed by atoms with Crippen molar-refractivity contribution in [1.29, 1.82) is 0 Å². The Bertz CT molecular complexity index is 1420. The second-order valence-electron chi connectivity index (χ2n) is 10.1. The third-order valence-corrected chi connectivity index (χ3v) is 5.92. The van der Waals surface area contributed by atoms with E-state index in [4.69, 9.17) is 4.74 Å². The second kappa shape index (κ2) is 11.2. The van der Waals surface area contributed by atoms with Gasteiger partial charge in [0.25, 0.3) is 5.91 Å². The van der Waals surface area contributed by atoms with Crippen LogP contribution in [0.1, 0.15) is 48.7 Å². The van der Waals surface area contributed by atoms with Crippen molar-refractivity contribution in [2.45, 2.75) is 39.5 Å². The van der Waals surface area contributed by atoms with Crippen LogP contribution in [0, 0.1) is 6.92 Å². The quantitative estimate of drug-likeness (QED) is 0.267. The summed E-state index contributed by atoms with van der Waals surface area (Å²) in [6.07, 6.45) is 6.21. The van der Waals surface area contributed by atoms with E-state index >= 15 is 0 Å². The largest absolute Gasteiger partial charge is 0.505 e. The maximum Gasteiger partial charge on any atom is 0.255 e. The number of hydrazone groups is 2. The monoisotopic (exact) mass is 508 g/mol. The highest BCUT2D eigenvalue weighted by Gasteiger charge is 2.23. The summed E-state index contributed by atoms with van der Waals surface area (Å²) in [5.74, 6) is 1.17. The Morgan fingerprint density at radius 1 is 1.08 bits per heavy atom. The predicted octanol–water partition coefficient (Wildman–Crippen LogP) is 6.95. The molecule has 194 valence electrons. The number of anilines is 2. The number of nitrogens with one attached hydrogen (secondary N) is 1. The Kier molecular flexibility index (Phi) is 7.76. The van der Waals surface area contributed by atoms with E-state index in [0.717, 1.165) is 11.1 Å². The summed E-state index contributed by atoms with van der Waals surface area (Å²) < 4.78 is 6.02. The van der Waals surface area contributed by atoms with Gasteiger partial charge >= 0.3 is 0 Å². The minimum absolute atomic E-state index is 0.131. The molecule has 4 rings (SSSR count). The Labute approximate surface area is 223 Å². The molecule has 0 radical (unpaired) electrons. The fraction of sp³-hybridized carbons (Fsp3) is 0.194. The number of ether oxygens (including phenoxy) is 1. The number of carbonyl (C=O) groups is 1. The topological polar surface area (TPSA) is 86.5 Å². The summed E-state index contributed by atoms with van der Waals surface area (Å²) in [5.41, 5.74) is 3.97. The number of phenols is 1. The van der Waals surface area contributed by atoms with E-state index in [-0.39, 0.29) is 17.1 Å². The van der Waals surface area contributed by atoms with Crippen LogP contribution in [0.25, 0.3) is 0 Å². The Morgan fingerprint density at radius 3 is 2.45 bits per heavy atom. The predicted molar refractivity (Wildman–Crippen MR) is 154 cm³/mol. The van der Waals surface area contributed by atoms with E-state index in [1.165, 1.54) is 5.12 Å². The molecule has 1 amide bonds.